The van der Waals surface area contributed by atoms with Crippen LogP contribution in [0.5, 0.6) is 0 Å². The second kappa shape index (κ2) is 7.29. The number of carbonyl (C=O) groups excluding carboxylic acids is 1. The summed E-state index contributed by atoms with van der Waals surface area (Å²) in [6, 6.07) is 11.4. The van der Waals surface area contributed by atoms with Gasteiger partial charge < -0.3 is 9.32 Å². The second-order valence-corrected chi connectivity index (χ2v) is 7.84. The molecule has 0 atom stereocenters. The van der Waals surface area contributed by atoms with Crippen LogP contribution in [-0.4, -0.2) is 41.0 Å². The molecule has 0 radical (unpaired) electrons. The summed E-state index contributed by atoms with van der Waals surface area (Å²) in [4.78, 5) is 31.2. The van der Waals surface area contributed by atoms with E-state index in [2.05, 4.69) is 9.88 Å². The molecule has 1 aromatic carbocycles. The molecule has 0 N–H and O–H groups in total. The number of fused-ring (bicyclic) bond motifs is 2. The molecule has 4 heterocycles. The second-order valence-electron chi connectivity index (χ2n) is 6.98. The number of aromatic nitrogens is 3. The normalized spacial score (nSPS) is 14.1. The molecule has 0 spiro atoms. The third kappa shape index (κ3) is 3.36. The number of thiazole rings is 1. The minimum absolute atomic E-state index is 0.0255. The molecule has 7 nitrogen and oxygen atoms in total. The highest BCUT2D eigenvalue weighted by atomic mass is 32.1. The van der Waals surface area contributed by atoms with Crippen LogP contribution in [0.3, 0.4) is 0 Å². The number of benzene rings is 1. The molecule has 0 aliphatic carbocycles. The molecule has 3 aromatic heterocycles. The van der Waals surface area contributed by atoms with E-state index in [0.29, 0.717) is 18.1 Å². The van der Waals surface area contributed by atoms with E-state index in [1.807, 2.05) is 48.8 Å². The highest BCUT2D eigenvalue weighted by Gasteiger charge is 2.27. The molecule has 4 aromatic rings. The Hall–Kier alpha value is -3.26. The molecule has 0 fully saturated rings. The van der Waals surface area contributed by atoms with Crippen LogP contribution in [-0.2, 0) is 11.2 Å². The van der Waals surface area contributed by atoms with Gasteiger partial charge >= 0.3 is 0 Å². The molecule has 1 aliphatic rings. The first kappa shape index (κ1) is 17.8. The average molecular weight is 405 g/mol. The summed E-state index contributed by atoms with van der Waals surface area (Å²) in [5, 5.41) is 2.69. The lowest BCUT2D eigenvalue weighted by Gasteiger charge is -2.22. The monoisotopic (exact) mass is 405 g/mol. The van der Waals surface area contributed by atoms with Gasteiger partial charge in [-0.05, 0) is 30.7 Å². The van der Waals surface area contributed by atoms with Crippen molar-refractivity contribution in [3.63, 3.8) is 0 Å². The quantitative estimate of drug-likeness (QED) is 0.517. The van der Waals surface area contributed by atoms with Crippen LogP contribution in [0.1, 0.15) is 12.1 Å². The topological polar surface area (TPSA) is 75.4 Å². The molecule has 5 rings (SSSR count). The molecule has 146 valence electrons. The third-order valence-electron chi connectivity index (χ3n) is 4.94. The average Bonchev–Trinajstić information content (AvgIpc) is 3.39. The zero-order valence-corrected chi connectivity index (χ0v) is 16.7. The van der Waals surface area contributed by atoms with Gasteiger partial charge in [-0.1, -0.05) is 12.1 Å². The van der Waals surface area contributed by atoms with Gasteiger partial charge in [-0.15, -0.1) is 11.3 Å². The predicted octanol–water partition coefficient (Wildman–Crippen LogP) is 3.76. The Labute approximate surface area is 171 Å². The number of anilines is 2. The standard InChI is InChI=1S/C21H19N5O2S/c1-25-9-5-10-26(20-19(25)23-15-6-2-3-7-16(15)24-20)18(27)12-14-13-29-21(22-14)17-8-4-11-28-17/h2-4,6-8,11,13H,5,9-10,12H2,1H3. The number of para-hydroxylation sites is 2. The van der Waals surface area contributed by atoms with E-state index >= 15 is 0 Å². The SMILES string of the molecule is CN1CCCN(C(=O)Cc2csc(-c3ccco3)n2)c2nc3ccccc3nc21. The fourth-order valence-electron chi connectivity index (χ4n) is 3.49. The van der Waals surface area contributed by atoms with Crippen molar-refractivity contribution in [1.29, 1.82) is 0 Å². The van der Waals surface area contributed by atoms with Crippen LogP contribution in [0.2, 0.25) is 0 Å². The maximum atomic E-state index is 13.2. The van der Waals surface area contributed by atoms with Crippen molar-refractivity contribution < 1.29 is 9.21 Å². The highest BCUT2D eigenvalue weighted by molar-refractivity contribution is 7.13. The largest absolute Gasteiger partial charge is 0.462 e. The number of hydrogen-bond acceptors (Lipinski definition) is 7. The van der Waals surface area contributed by atoms with E-state index in [9.17, 15) is 4.79 Å². The minimum atomic E-state index is -0.0255. The van der Waals surface area contributed by atoms with Crippen LogP contribution >= 0.6 is 11.3 Å². The summed E-state index contributed by atoms with van der Waals surface area (Å²) >= 11 is 1.48. The molecule has 0 bridgehead atoms. The van der Waals surface area contributed by atoms with Crippen LogP contribution in [0.25, 0.3) is 21.8 Å². The van der Waals surface area contributed by atoms with E-state index in [1.54, 1.807) is 11.2 Å². The fraction of sp³-hybridized carbons (Fsp3) is 0.238. The number of rotatable bonds is 3. The Bertz CT molecular complexity index is 1170. The van der Waals surface area contributed by atoms with Gasteiger partial charge in [0.05, 0.1) is 29.4 Å². The summed E-state index contributed by atoms with van der Waals surface area (Å²) in [5.41, 5.74) is 2.35. The summed E-state index contributed by atoms with van der Waals surface area (Å²) in [7, 11) is 1.99. The van der Waals surface area contributed by atoms with Gasteiger partial charge in [0.1, 0.15) is 0 Å². The van der Waals surface area contributed by atoms with Crippen LogP contribution in [0.15, 0.2) is 52.5 Å². The third-order valence-corrected chi connectivity index (χ3v) is 5.85. The molecular weight excluding hydrogens is 386 g/mol. The molecular formula is C21H19N5O2S. The lowest BCUT2D eigenvalue weighted by atomic mass is 10.2. The van der Waals surface area contributed by atoms with E-state index in [0.717, 1.165) is 40.5 Å². The lowest BCUT2D eigenvalue weighted by Crippen LogP contribution is -2.33. The first-order chi connectivity index (χ1) is 14.2. The van der Waals surface area contributed by atoms with Crippen LogP contribution < -0.4 is 9.80 Å². The predicted molar refractivity (Wildman–Crippen MR) is 113 cm³/mol. The van der Waals surface area contributed by atoms with E-state index in [-0.39, 0.29) is 12.3 Å². The van der Waals surface area contributed by atoms with Crippen molar-refractivity contribution in [2.75, 3.05) is 29.9 Å². The van der Waals surface area contributed by atoms with Crippen molar-refractivity contribution in [2.24, 2.45) is 0 Å². The number of furan rings is 1. The number of hydrogen-bond donors (Lipinski definition) is 0. The zero-order valence-electron chi connectivity index (χ0n) is 15.9. The van der Waals surface area contributed by atoms with E-state index < -0.39 is 0 Å². The molecule has 0 unspecified atom stereocenters. The summed E-state index contributed by atoms with van der Waals surface area (Å²) in [6.45, 7) is 1.43. The first-order valence-electron chi connectivity index (χ1n) is 9.45. The van der Waals surface area contributed by atoms with Crippen molar-refractivity contribution in [3.8, 4) is 10.8 Å². The summed E-state index contributed by atoms with van der Waals surface area (Å²) in [5.74, 6) is 2.05. The van der Waals surface area contributed by atoms with Crippen molar-refractivity contribution in [1.82, 2.24) is 15.0 Å². The molecule has 29 heavy (non-hydrogen) atoms. The molecule has 8 heteroatoms. The fourth-order valence-corrected chi connectivity index (χ4v) is 4.28. The maximum Gasteiger partial charge on any atom is 0.234 e. The van der Waals surface area contributed by atoms with Gasteiger partial charge in [0, 0.05) is 25.5 Å². The molecule has 1 amide bonds. The molecule has 0 saturated heterocycles. The highest BCUT2D eigenvalue weighted by Crippen LogP contribution is 2.31. The Kier molecular flexibility index (Phi) is 4.48. The van der Waals surface area contributed by atoms with E-state index in [4.69, 9.17) is 14.4 Å². The lowest BCUT2D eigenvalue weighted by molar-refractivity contribution is -0.118. The molecule has 1 aliphatic heterocycles. The smallest absolute Gasteiger partial charge is 0.234 e. The number of nitrogens with zero attached hydrogens (tertiary/aromatic N) is 5. The Morgan fingerprint density at radius 1 is 1.07 bits per heavy atom. The summed E-state index contributed by atoms with van der Waals surface area (Å²) < 4.78 is 5.40. The van der Waals surface area contributed by atoms with Crippen molar-refractivity contribution >= 4 is 39.9 Å². The zero-order chi connectivity index (χ0) is 19.8. The van der Waals surface area contributed by atoms with Crippen LogP contribution in [0.4, 0.5) is 11.6 Å². The van der Waals surface area contributed by atoms with Crippen molar-refractivity contribution in [2.45, 2.75) is 12.8 Å². The first-order valence-corrected chi connectivity index (χ1v) is 10.3. The Balaban J connectivity index is 1.47. The Morgan fingerprint density at radius 3 is 2.62 bits per heavy atom. The maximum absolute atomic E-state index is 13.2. The van der Waals surface area contributed by atoms with Gasteiger partial charge in [-0.25, -0.2) is 15.0 Å². The van der Waals surface area contributed by atoms with Gasteiger partial charge in [0.15, 0.2) is 22.4 Å². The molecule has 0 saturated carbocycles. The minimum Gasteiger partial charge on any atom is -0.462 e. The van der Waals surface area contributed by atoms with Gasteiger partial charge in [0.2, 0.25) is 5.91 Å². The van der Waals surface area contributed by atoms with Crippen molar-refractivity contribution in [3.05, 3.63) is 53.7 Å². The van der Waals surface area contributed by atoms with Gasteiger partial charge in [-0.2, -0.15) is 0 Å². The number of carbonyl (C=O) groups is 1. The van der Waals surface area contributed by atoms with Gasteiger partial charge in [-0.3, -0.25) is 9.69 Å². The van der Waals surface area contributed by atoms with Gasteiger partial charge in [0.25, 0.3) is 0 Å². The number of amides is 1. The van der Waals surface area contributed by atoms with Crippen LogP contribution in [0, 0.1) is 0 Å². The van der Waals surface area contributed by atoms with E-state index in [1.165, 1.54) is 11.3 Å². The summed E-state index contributed by atoms with van der Waals surface area (Å²) in [6.07, 6.45) is 2.69. The Morgan fingerprint density at radius 2 is 1.86 bits per heavy atom.